The maximum absolute atomic E-state index is 11.9. The molecule has 0 unspecified atom stereocenters. The lowest BCUT2D eigenvalue weighted by molar-refractivity contribution is -0.149. The Labute approximate surface area is 155 Å². The van der Waals surface area contributed by atoms with E-state index >= 15 is 0 Å². The van der Waals surface area contributed by atoms with Crippen LogP contribution < -0.4 is 24.3 Å². The van der Waals surface area contributed by atoms with E-state index in [4.69, 9.17) is 23.7 Å². The molecule has 0 fully saturated rings. The van der Waals surface area contributed by atoms with Crippen LogP contribution in [0.25, 0.3) is 0 Å². The van der Waals surface area contributed by atoms with Crippen molar-refractivity contribution in [2.45, 2.75) is 0 Å². The highest BCUT2D eigenvalue weighted by Gasteiger charge is 2.14. The molecule has 27 heavy (non-hydrogen) atoms. The van der Waals surface area contributed by atoms with Gasteiger partial charge in [-0.25, -0.2) is 4.79 Å². The normalized spacial score (nSPS) is 12.0. The molecule has 8 heteroatoms. The van der Waals surface area contributed by atoms with Gasteiger partial charge in [0.1, 0.15) is 24.7 Å². The third kappa shape index (κ3) is 5.27. The first kappa shape index (κ1) is 18.4. The second kappa shape index (κ2) is 8.79. The van der Waals surface area contributed by atoms with Crippen molar-refractivity contribution in [1.29, 1.82) is 0 Å². The molecule has 0 spiro atoms. The van der Waals surface area contributed by atoms with Crippen LogP contribution in [-0.4, -0.2) is 45.4 Å². The van der Waals surface area contributed by atoms with Gasteiger partial charge in [-0.05, 0) is 36.4 Å². The minimum Gasteiger partial charge on any atom is -0.497 e. The van der Waals surface area contributed by atoms with E-state index in [0.717, 1.165) is 0 Å². The molecule has 1 aliphatic heterocycles. The van der Waals surface area contributed by atoms with Crippen LogP contribution in [0.2, 0.25) is 0 Å². The van der Waals surface area contributed by atoms with Gasteiger partial charge >= 0.3 is 5.97 Å². The van der Waals surface area contributed by atoms with Gasteiger partial charge in [-0.3, -0.25) is 4.79 Å². The molecule has 1 heterocycles. The molecule has 1 N–H and O–H groups in total. The SMILES string of the molecule is COc1ccc(OCC(=O)OCC(=O)Nc2ccc3c(c2)OCCO3)cc1. The van der Waals surface area contributed by atoms with E-state index in [1.165, 1.54) is 0 Å². The van der Waals surface area contributed by atoms with Crippen LogP contribution in [0.4, 0.5) is 5.69 Å². The Balaban J connectivity index is 1.41. The van der Waals surface area contributed by atoms with Crippen molar-refractivity contribution in [1.82, 2.24) is 0 Å². The molecule has 0 aliphatic carbocycles. The highest BCUT2D eigenvalue weighted by atomic mass is 16.6. The number of benzene rings is 2. The number of carbonyl (C=O) groups excluding carboxylic acids is 2. The first-order valence-corrected chi connectivity index (χ1v) is 8.26. The topological polar surface area (TPSA) is 92.3 Å². The smallest absolute Gasteiger partial charge is 0.344 e. The first-order valence-electron chi connectivity index (χ1n) is 8.26. The predicted molar refractivity (Wildman–Crippen MR) is 95.5 cm³/mol. The second-order valence-corrected chi connectivity index (χ2v) is 5.53. The molecular formula is C19H19NO7. The molecule has 1 aliphatic rings. The summed E-state index contributed by atoms with van der Waals surface area (Å²) in [6.07, 6.45) is 0. The third-order valence-electron chi connectivity index (χ3n) is 3.61. The fourth-order valence-corrected chi connectivity index (χ4v) is 2.32. The highest BCUT2D eigenvalue weighted by molar-refractivity contribution is 5.93. The lowest BCUT2D eigenvalue weighted by Crippen LogP contribution is -2.23. The van der Waals surface area contributed by atoms with E-state index in [2.05, 4.69) is 5.32 Å². The van der Waals surface area contributed by atoms with E-state index < -0.39 is 18.5 Å². The first-order chi connectivity index (χ1) is 13.1. The van der Waals surface area contributed by atoms with Gasteiger partial charge < -0.3 is 29.0 Å². The number of fused-ring (bicyclic) bond motifs is 1. The maximum atomic E-state index is 11.9. The Morgan fingerprint density at radius 2 is 1.67 bits per heavy atom. The van der Waals surface area contributed by atoms with Gasteiger partial charge in [0.15, 0.2) is 24.7 Å². The summed E-state index contributed by atoms with van der Waals surface area (Å²) >= 11 is 0. The number of methoxy groups -OCH3 is 1. The summed E-state index contributed by atoms with van der Waals surface area (Å²) in [4.78, 5) is 23.6. The van der Waals surface area contributed by atoms with E-state index in [1.807, 2.05) is 0 Å². The second-order valence-electron chi connectivity index (χ2n) is 5.53. The van der Waals surface area contributed by atoms with E-state index in [-0.39, 0.29) is 6.61 Å². The summed E-state index contributed by atoms with van der Waals surface area (Å²) in [6.45, 7) is 0.229. The number of hydrogen-bond acceptors (Lipinski definition) is 7. The molecule has 0 aromatic heterocycles. The number of rotatable bonds is 7. The van der Waals surface area contributed by atoms with Crippen LogP contribution in [0.15, 0.2) is 42.5 Å². The molecule has 3 rings (SSSR count). The number of carbonyl (C=O) groups is 2. The summed E-state index contributed by atoms with van der Waals surface area (Å²) in [5, 5.41) is 2.63. The van der Waals surface area contributed by atoms with E-state index in [1.54, 1.807) is 49.6 Å². The van der Waals surface area contributed by atoms with Crippen molar-refractivity contribution < 1.29 is 33.3 Å². The Kier molecular flexibility index (Phi) is 5.98. The number of hydrogen-bond donors (Lipinski definition) is 1. The third-order valence-corrected chi connectivity index (χ3v) is 3.61. The molecule has 2 aromatic rings. The van der Waals surface area contributed by atoms with Crippen LogP contribution >= 0.6 is 0 Å². The molecule has 0 bridgehead atoms. The van der Waals surface area contributed by atoms with Crippen molar-refractivity contribution in [2.24, 2.45) is 0 Å². The van der Waals surface area contributed by atoms with Gasteiger partial charge in [0.25, 0.3) is 5.91 Å². The molecular weight excluding hydrogens is 354 g/mol. The zero-order valence-electron chi connectivity index (χ0n) is 14.7. The molecule has 1 amide bonds. The number of anilines is 1. The van der Waals surface area contributed by atoms with E-state index in [0.29, 0.717) is 41.9 Å². The van der Waals surface area contributed by atoms with Gasteiger partial charge in [-0.15, -0.1) is 0 Å². The molecule has 0 radical (unpaired) electrons. The fourth-order valence-electron chi connectivity index (χ4n) is 2.32. The molecule has 0 atom stereocenters. The number of ether oxygens (including phenoxy) is 5. The predicted octanol–water partition coefficient (Wildman–Crippen LogP) is 2.03. The molecule has 0 saturated carbocycles. The average Bonchev–Trinajstić information content (AvgIpc) is 2.71. The molecule has 8 nitrogen and oxygen atoms in total. The van der Waals surface area contributed by atoms with Crippen molar-refractivity contribution in [2.75, 3.05) is 38.9 Å². The summed E-state index contributed by atoms with van der Waals surface area (Å²) in [5.41, 5.74) is 0.523. The lowest BCUT2D eigenvalue weighted by atomic mass is 10.2. The van der Waals surface area contributed by atoms with Gasteiger partial charge in [0.2, 0.25) is 0 Å². The fraction of sp³-hybridized carbons (Fsp3) is 0.263. The Hall–Kier alpha value is -3.42. The Bertz CT molecular complexity index is 804. The monoisotopic (exact) mass is 373 g/mol. The Morgan fingerprint density at radius 1 is 0.963 bits per heavy atom. The number of nitrogens with one attached hydrogen (secondary N) is 1. The van der Waals surface area contributed by atoms with Crippen molar-refractivity contribution in [3.63, 3.8) is 0 Å². The quantitative estimate of drug-likeness (QED) is 0.743. The minimum atomic E-state index is -0.650. The van der Waals surface area contributed by atoms with Crippen molar-refractivity contribution >= 4 is 17.6 Å². The Morgan fingerprint density at radius 3 is 2.41 bits per heavy atom. The zero-order valence-corrected chi connectivity index (χ0v) is 14.7. The lowest BCUT2D eigenvalue weighted by Gasteiger charge is -2.19. The average molecular weight is 373 g/mol. The van der Waals surface area contributed by atoms with E-state index in [9.17, 15) is 9.59 Å². The van der Waals surface area contributed by atoms with Gasteiger partial charge in [-0.1, -0.05) is 0 Å². The summed E-state index contributed by atoms with van der Waals surface area (Å²) in [6, 6.07) is 11.8. The maximum Gasteiger partial charge on any atom is 0.344 e. The molecule has 142 valence electrons. The largest absolute Gasteiger partial charge is 0.497 e. The van der Waals surface area contributed by atoms with Crippen LogP contribution in [0.3, 0.4) is 0 Å². The van der Waals surface area contributed by atoms with Crippen LogP contribution in [0, 0.1) is 0 Å². The summed E-state index contributed by atoms with van der Waals surface area (Å²) < 4.78 is 26.1. The molecule has 2 aromatic carbocycles. The molecule has 0 saturated heterocycles. The highest BCUT2D eigenvalue weighted by Crippen LogP contribution is 2.32. The van der Waals surface area contributed by atoms with Crippen LogP contribution in [0.5, 0.6) is 23.0 Å². The minimum absolute atomic E-state index is 0.302. The van der Waals surface area contributed by atoms with Crippen LogP contribution in [0.1, 0.15) is 0 Å². The number of amides is 1. The zero-order chi connectivity index (χ0) is 19.1. The standard InChI is InChI=1S/C19H19NO7/c1-23-14-3-5-15(6-4-14)26-12-19(22)27-11-18(21)20-13-2-7-16-17(10-13)25-9-8-24-16/h2-7,10H,8-9,11-12H2,1H3,(H,20,21). The van der Waals surface area contributed by atoms with Gasteiger partial charge in [0, 0.05) is 11.8 Å². The van der Waals surface area contributed by atoms with Gasteiger partial charge in [0.05, 0.1) is 7.11 Å². The van der Waals surface area contributed by atoms with Crippen molar-refractivity contribution in [3.8, 4) is 23.0 Å². The summed E-state index contributed by atoms with van der Waals surface area (Å²) in [5.74, 6) is 1.24. The summed E-state index contributed by atoms with van der Waals surface area (Å²) in [7, 11) is 1.56. The van der Waals surface area contributed by atoms with Crippen LogP contribution in [-0.2, 0) is 14.3 Å². The number of esters is 1. The van der Waals surface area contributed by atoms with Gasteiger partial charge in [-0.2, -0.15) is 0 Å². The van der Waals surface area contributed by atoms with Crippen molar-refractivity contribution in [3.05, 3.63) is 42.5 Å².